The van der Waals surface area contributed by atoms with Gasteiger partial charge in [-0.1, -0.05) is 42.5 Å². The van der Waals surface area contributed by atoms with E-state index in [1.165, 1.54) is 5.56 Å². The molecule has 0 aliphatic carbocycles. The van der Waals surface area contributed by atoms with Crippen LogP contribution in [0.1, 0.15) is 10.6 Å². The third kappa shape index (κ3) is 5.07. The fourth-order valence-corrected chi connectivity index (χ4v) is 3.19. The highest BCUT2D eigenvalue weighted by atomic mass is 32.1. The SMILES string of the molecule is COc1ccc(CCNC(N)=NCc2nc(-c3ccccc3)cs2)cc1. The van der Waals surface area contributed by atoms with Gasteiger partial charge < -0.3 is 15.8 Å². The van der Waals surface area contributed by atoms with Crippen LogP contribution in [0.5, 0.6) is 5.75 Å². The van der Waals surface area contributed by atoms with Crippen LogP contribution in [0.4, 0.5) is 0 Å². The Kier molecular flexibility index (Phi) is 6.22. The van der Waals surface area contributed by atoms with Crippen molar-refractivity contribution in [2.75, 3.05) is 13.7 Å². The first kappa shape index (κ1) is 17.9. The summed E-state index contributed by atoms with van der Waals surface area (Å²) < 4.78 is 5.16. The van der Waals surface area contributed by atoms with Gasteiger partial charge in [0.05, 0.1) is 19.3 Å². The molecule has 1 aromatic heterocycles. The van der Waals surface area contributed by atoms with E-state index in [1.807, 2.05) is 35.7 Å². The topological polar surface area (TPSA) is 72.5 Å². The Morgan fingerprint density at radius 1 is 1.15 bits per heavy atom. The van der Waals surface area contributed by atoms with Crippen molar-refractivity contribution in [3.63, 3.8) is 0 Å². The summed E-state index contributed by atoms with van der Waals surface area (Å²) in [6.45, 7) is 1.22. The summed E-state index contributed by atoms with van der Waals surface area (Å²) in [5.74, 6) is 1.30. The number of ether oxygens (including phenoxy) is 1. The first-order valence-corrected chi connectivity index (χ1v) is 9.29. The minimum atomic E-state index is 0.440. The molecule has 0 atom stereocenters. The lowest BCUT2D eigenvalue weighted by atomic mass is 10.1. The molecule has 134 valence electrons. The lowest BCUT2D eigenvalue weighted by Gasteiger charge is -2.06. The highest BCUT2D eigenvalue weighted by molar-refractivity contribution is 7.09. The maximum Gasteiger partial charge on any atom is 0.189 e. The van der Waals surface area contributed by atoms with Gasteiger partial charge in [0.2, 0.25) is 0 Å². The predicted molar refractivity (Wildman–Crippen MR) is 108 cm³/mol. The predicted octanol–water partition coefficient (Wildman–Crippen LogP) is 3.47. The molecular weight excluding hydrogens is 344 g/mol. The first-order chi connectivity index (χ1) is 12.7. The van der Waals surface area contributed by atoms with Crippen LogP contribution in [0, 0.1) is 0 Å². The number of aromatic nitrogens is 1. The Bertz CT molecular complexity index is 844. The maximum atomic E-state index is 5.94. The first-order valence-electron chi connectivity index (χ1n) is 8.41. The van der Waals surface area contributed by atoms with E-state index in [0.717, 1.165) is 35.0 Å². The van der Waals surface area contributed by atoms with Crippen LogP contribution in [0.2, 0.25) is 0 Å². The van der Waals surface area contributed by atoms with Gasteiger partial charge in [-0.05, 0) is 24.1 Å². The van der Waals surface area contributed by atoms with Crippen LogP contribution in [-0.4, -0.2) is 24.6 Å². The molecule has 3 rings (SSSR count). The Hall–Kier alpha value is -2.86. The molecule has 3 N–H and O–H groups in total. The number of benzene rings is 2. The highest BCUT2D eigenvalue weighted by Gasteiger charge is 2.04. The summed E-state index contributed by atoms with van der Waals surface area (Å²) in [5.41, 5.74) is 9.26. The van der Waals surface area contributed by atoms with Crippen LogP contribution in [0.3, 0.4) is 0 Å². The molecule has 3 aromatic rings. The van der Waals surface area contributed by atoms with Crippen molar-refractivity contribution in [2.45, 2.75) is 13.0 Å². The van der Waals surface area contributed by atoms with E-state index >= 15 is 0 Å². The number of methoxy groups -OCH3 is 1. The second-order valence-corrected chi connectivity index (χ2v) is 6.66. The molecule has 0 unspecified atom stereocenters. The van der Waals surface area contributed by atoms with Crippen molar-refractivity contribution in [1.29, 1.82) is 0 Å². The summed E-state index contributed by atoms with van der Waals surface area (Å²) in [7, 11) is 1.67. The molecule has 0 bridgehead atoms. The fraction of sp³-hybridized carbons (Fsp3) is 0.200. The van der Waals surface area contributed by atoms with E-state index in [1.54, 1.807) is 18.4 Å². The molecule has 0 radical (unpaired) electrons. The number of hydrogen-bond donors (Lipinski definition) is 2. The van der Waals surface area contributed by atoms with E-state index in [-0.39, 0.29) is 0 Å². The average molecular weight is 366 g/mol. The van der Waals surface area contributed by atoms with Gasteiger partial charge in [0, 0.05) is 17.5 Å². The van der Waals surface area contributed by atoms with Crippen LogP contribution >= 0.6 is 11.3 Å². The van der Waals surface area contributed by atoms with Gasteiger partial charge in [0.25, 0.3) is 0 Å². The van der Waals surface area contributed by atoms with Gasteiger partial charge >= 0.3 is 0 Å². The standard InChI is InChI=1S/C20H22N4OS/c1-25-17-9-7-15(8-10-17)11-12-22-20(21)23-13-19-24-18(14-26-19)16-5-3-2-4-6-16/h2-10,14H,11-13H2,1H3,(H3,21,22,23). The normalized spacial score (nSPS) is 11.3. The van der Waals surface area contributed by atoms with Gasteiger partial charge in [-0.3, -0.25) is 0 Å². The molecule has 5 nitrogen and oxygen atoms in total. The monoisotopic (exact) mass is 366 g/mol. The number of hydrogen-bond acceptors (Lipinski definition) is 4. The minimum absolute atomic E-state index is 0.440. The zero-order valence-electron chi connectivity index (χ0n) is 14.7. The average Bonchev–Trinajstić information content (AvgIpc) is 3.17. The Morgan fingerprint density at radius 3 is 2.65 bits per heavy atom. The van der Waals surface area contributed by atoms with Gasteiger partial charge in [0.15, 0.2) is 5.96 Å². The molecule has 6 heteroatoms. The number of nitrogens with two attached hydrogens (primary N) is 1. The van der Waals surface area contributed by atoms with E-state index < -0.39 is 0 Å². The molecule has 2 aromatic carbocycles. The van der Waals surface area contributed by atoms with Crippen LogP contribution in [0.15, 0.2) is 65.0 Å². The molecule has 0 aliphatic heterocycles. The van der Waals surface area contributed by atoms with Crippen molar-refractivity contribution in [2.24, 2.45) is 10.7 Å². The molecule has 0 spiro atoms. The van der Waals surface area contributed by atoms with Crippen LogP contribution in [-0.2, 0) is 13.0 Å². The van der Waals surface area contributed by atoms with E-state index in [9.17, 15) is 0 Å². The number of aliphatic imine (C=N–C) groups is 1. The van der Waals surface area contributed by atoms with E-state index in [4.69, 9.17) is 10.5 Å². The molecular formula is C20H22N4OS. The number of rotatable bonds is 7. The summed E-state index contributed by atoms with van der Waals surface area (Å²) in [5, 5.41) is 6.14. The second kappa shape index (κ2) is 9.01. The van der Waals surface area contributed by atoms with Crippen LogP contribution < -0.4 is 15.8 Å². The summed E-state index contributed by atoms with van der Waals surface area (Å²) in [6, 6.07) is 18.1. The van der Waals surface area contributed by atoms with Crippen molar-refractivity contribution < 1.29 is 4.74 Å². The van der Waals surface area contributed by atoms with Crippen molar-refractivity contribution in [3.8, 4) is 17.0 Å². The fourth-order valence-electron chi connectivity index (χ4n) is 2.46. The Morgan fingerprint density at radius 2 is 1.92 bits per heavy atom. The Labute approximate surface area is 157 Å². The third-order valence-electron chi connectivity index (χ3n) is 3.88. The highest BCUT2D eigenvalue weighted by Crippen LogP contribution is 2.21. The van der Waals surface area contributed by atoms with Gasteiger partial charge in [-0.2, -0.15) is 0 Å². The van der Waals surface area contributed by atoms with Gasteiger partial charge in [-0.25, -0.2) is 9.98 Å². The minimum Gasteiger partial charge on any atom is -0.497 e. The molecule has 0 saturated carbocycles. The third-order valence-corrected chi connectivity index (χ3v) is 4.72. The number of nitrogens with one attached hydrogen (secondary N) is 1. The zero-order chi connectivity index (χ0) is 18.2. The van der Waals surface area contributed by atoms with Crippen molar-refractivity contribution in [3.05, 3.63) is 70.5 Å². The number of guanidine groups is 1. The lowest BCUT2D eigenvalue weighted by molar-refractivity contribution is 0.414. The Balaban J connectivity index is 1.47. The summed E-state index contributed by atoms with van der Waals surface area (Å²) >= 11 is 1.60. The molecule has 26 heavy (non-hydrogen) atoms. The van der Waals surface area contributed by atoms with Crippen molar-refractivity contribution >= 4 is 17.3 Å². The molecule has 1 heterocycles. The van der Waals surface area contributed by atoms with Crippen molar-refractivity contribution in [1.82, 2.24) is 10.3 Å². The molecule has 0 fully saturated rings. The molecule has 0 aliphatic rings. The van der Waals surface area contributed by atoms with E-state index in [0.29, 0.717) is 12.5 Å². The van der Waals surface area contributed by atoms with Gasteiger partial charge in [-0.15, -0.1) is 11.3 Å². The smallest absolute Gasteiger partial charge is 0.189 e. The number of thiazole rings is 1. The zero-order valence-corrected chi connectivity index (χ0v) is 15.5. The summed E-state index contributed by atoms with van der Waals surface area (Å²) in [4.78, 5) is 8.98. The number of nitrogens with zero attached hydrogens (tertiary/aromatic N) is 2. The van der Waals surface area contributed by atoms with E-state index in [2.05, 4.69) is 39.6 Å². The summed E-state index contributed by atoms with van der Waals surface area (Å²) in [6.07, 6.45) is 0.871. The van der Waals surface area contributed by atoms with Crippen LogP contribution in [0.25, 0.3) is 11.3 Å². The lowest BCUT2D eigenvalue weighted by Crippen LogP contribution is -2.33. The quantitative estimate of drug-likeness (QED) is 0.496. The molecule has 0 amide bonds. The maximum absolute atomic E-state index is 5.94. The molecule has 0 saturated heterocycles. The largest absolute Gasteiger partial charge is 0.497 e. The van der Waals surface area contributed by atoms with Gasteiger partial charge in [0.1, 0.15) is 10.8 Å². The second-order valence-electron chi connectivity index (χ2n) is 5.72.